The number of hydrogen-bond donors (Lipinski definition) is 2. The van der Waals surface area contributed by atoms with Gasteiger partial charge in [-0.1, -0.05) is 19.0 Å². The number of nitrogens with one attached hydrogen (secondary N) is 1. The number of aromatic nitrogens is 1. The minimum absolute atomic E-state index is 0.113. The van der Waals surface area contributed by atoms with E-state index in [4.69, 9.17) is 14.1 Å². The first-order valence-electron chi connectivity index (χ1n) is 6.12. The molecule has 2 N–H and O–H groups in total. The van der Waals surface area contributed by atoms with Crippen LogP contribution in [0, 0.1) is 0 Å². The molecule has 0 spiro atoms. The van der Waals surface area contributed by atoms with Crippen molar-refractivity contribution in [3.05, 3.63) is 11.8 Å². The van der Waals surface area contributed by atoms with Gasteiger partial charge in [-0.15, -0.1) is 0 Å². The maximum absolute atomic E-state index is 9.61. The molecule has 1 aromatic rings. The summed E-state index contributed by atoms with van der Waals surface area (Å²) in [5, 5.41) is 20.2. The summed E-state index contributed by atoms with van der Waals surface area (Å²) in [5.41, 5.74) is 0.528. The van der Waals surface area contributed by atoms with Crippen molar-refractivity contribution in [2.75, 3.05) is 20.3 Å². The summed E-state index contributed by atoms with van der Waals surface area (Å²) < 4.78 is 9.89. The highest BCUT2D eigenvalue weighted by atomic mass is 16.6. The number of aliphatic hydroxyl groups excluding tert-OH is 1. The molecule has 0 aliphatic rings. The number of rotatable bonds is 8. The van der Waals surface area contributed by atoms with Gasteiger partial charge in [0.1, 0.15) is 18.4 Å². The standard InChI is InChI=1S/C12H21N3O4/c1-8(2)13-6-10(16)7-18-14-9(3)11-5-12(17-4)15-19-11/h5,8,10,13,16H,6-7H2,1-4H3/b14-9+. The number of aliphatic hydroxyl groups is 1. The van der Waals surface area contributed by atoms with Crippen molar-refractivity contribution >= 4 is 5.71 Å². The van der Waals surface area contributed by atoms with E-state index in [0.29, 0.717) is 29.9 Å². The van der Waals surface area contributed by atoms with Crippen LogP contribution in [0.25, 0.3) is 0 Å². The SMILES string of the molecule is COc1cc(/C(C)=N/OCC(O)CNC(C)C)on1. The Balaban J connectivity index is 2.35. The number of oxime groups is 1. The molecule has 19 heavy (non-hydrogen) atoms. The van der Waals surface area contributed by atoms with Crippen molar-refractivity contribution in [2.24, 2.45) is 5.16 Å². The summed E-state index contributed by atoms with van der Waals surface area (Å²) in [4.78, 5) is 5.06. The Bertz CT molecular complexity index is 403. The molecule has 1 unspecified atom stereocenters. The van der Waals surface area contributed by atoms with Crippen molar-refractivity contribution in [3.8, 4) is 5.88 Å². The Morgan fingerprint density at radius 1 is 1.58 bits per heavy atom. The minimum atomic E-state index is -0.608. The van der Waals surface area contributed by atoms with E-state index in [1.54, 1.807) is 13.0 Å². The first kappa shape index (κ1) is 15.5. The topological polar surface area (TPSA) is 89.1 Å². The Hall–Kier alpha value is -1.60. The zero-order valence-electron chi connectivity index (χ0n) is 11.7. The van der Waals surface area contributed by atoms with Crippen LogP contribution < -0.4 is 10.1 Å². The molecule has 1 rings (SSSR count). The summed E-state index contributed by atoms with van der Waals surface area (Å²) in [5.74, 6) is 0.845. The van der Waals surface area contributed by atoms with Gasteiger partial charge in [0.15, 0.2) is 5.76 Å². The third-order valence-corrected chi connectivity index (χ3v) is 2.28. The molecule has 0 radical (unpaired) electrons. The zero-order chi connectivity index (χ0) is 14.3. The van der Waals surface area contributed by atoms with Gasteiger partial charge in [-0.3, -0.25) is 0 Å². The monoisotopic (exact) mass is 271 g/mol. The highest BCUT2D eigenvalue weighted by Crippen LogP contribution is 2.11. The van der Waals surface area contributed by atoms with Crippen LogP contribution in [0.5, 0.6) is 5.88 Å². The van der Waals surface area contributed by atoms with Crippen molar-refractivity contribution in [2.45, 2.75) is 32.9 Å². The molecule has 0 aliphatic heterocycles. The zero-order valence-corrected chi connectivity index (χ0v) is 11.7. The molecular weight excluding hydrogens is 250 g/mol. The summed E-state index contributed by atoms with van der Waals surface area (Å²) in [6.07, 6.45) is -0.608. The van der Waals surface area contributed by atoms with Gasteiger partial charge in [0.2, 0.25) is 0 Å². The molecule has 0 aliphatic carbocycles. The van der Waals surface area contributed by atoms with E-state index in [2.05, 4.69) is 15.6 Å². The smallest absolute Gasteiger partial charge is 0.254 e. The van der Waals surface area contributed by atoms with Crippen LogP contribution in [0.1, 0.15) is 26.5 Å². The predicted molar refractivity (Wildman–Crippen MR) is 70.4 cm³/mol. The molecule has 0 fully saturated rings. The minimum Gasteiger partial charge on any atom is -0.479 e. The summed E-state index contributed by atoms with van der Waals surface area (Å²) >= 11 is 0. The fraction of sp³-hybridized carbons (Fsp3) is 0.667. The van der Waals surface area contributed by atoms with Gasteiger partial charge in [-0.25, -0.2) is 0 Å². The first-order chi connectivity index (χ1) is 9.02. The summed E-state index contributed by atoms with van der Waals surface area (Å²) in [6.45, 7) is 6.31. The quantitative estimate of drug-likeness (QED) is 0.536. The number of ether oxygens (including phenoxy) is 1. The van der Waals surface area contributed by atoms with E-state index in [1.165, 1.54) is 7.11 Å². The third kappa shape index (κ3) is 5.71. The molecule has 0 saturated heterocycles. The second-order valence-electron chi connectivity index (χ2n) is 4.42. The lowest BCUT2D eigenvalue weighted by atomic mass is 10.3. The van der Waals surface area contributed by atoms with Gasteiger partial charge >= 0.3 is 0 Å². The van der Waals surface area contributed by atoms with E-state index < -0.39 is 6.10 Å². The highest BCUT2D eigenvalue weighted by Gasteiger charge is 2.09. The van der Waals surface area contributed by atoms with Gasteiger partial charge in [-0.05, 0) is 12.1 Å². The maximum atomic E-state index is 9.61. The molecule has 0 saturated carbocycles. The van der Waals surface area contributed by atoms with Gasteiger partial charge < -0.3 is 24.5 Å². The van der Waals surface area contributed by atoms with Gasteiger partial charge in [0.05, 0.1) is 13.2 Å². The van der Waals surface area contributed by atoms with E-state index >= 15 is 0 Å². The van der Waals surface area contributed by atoms with E-state index in [1.807, 2.05) is 13.8 Å². The Morgan fingerprint density at radius 2 is 2.32 bits per heavy atom. The molecule has 1 heterocycles. The third-order valence-electron chi connectivity index (χ3n) is 2.28. The second kappa shape index (κ2) is 7.75. The second-order valence-corrected chi connectivity index (χ2v) is 4.42. The van der Waals surface area contributed by atoms with Crippen LogP contribution >= 0.6 is 0 Å². The van der Waals surface area contributed by atoms with Gasteiger partial charge in [0.25, 0.3) is 5.88 Å². The van der Waals surface area contributed by atoms with Crippen LogP contribution in [0.15, 0.2) is 15.7 Å². The van der Waals surface area contributed by atoms with E-state index in [0.717, 1.165) is 0 Å². The van der Waals surface area contributed by atoms with Crippen LogP contribution in [-0.4, -0.2) is 48.4 Å². The molecular formula is C12H21N3O4. The Kier molecular flexibility index (Phi) is 6.31. The highest BCUT2D eigenvalue weighted by molar-refractivity contribution is 5.95. The first-order valence-corrected chi connectivity index (χ1v) is 6.12. The normalized spacial score (nSPS) is 13.7. The Morgan fingerprint density at radius 3 is 2.89 bits per heavy atom. The van der Waals surface area contributed by atoms with Crippen LogP contribution in [0.3, 0.4) is 0 Å². The average Bonchev–Trinajstić information content (AvgIpc) is 2.85. The number of hydrogen-bond acceptors (Lipinski definition) is 7. The molecule has 0 bridgehead atoms. The number of nitrogens with zero attached hydrogens (tertiary/aromatic N) is 2. The lowest BCUT2D eigenvalue weighted by Crippen LogP contribution is -2.34. The lowest BCUT2D eigenvalue weighted by Gasteiger charge is -2.12. The molecule has 1 atom stereocenters. The van der Waals surface area contributed by atoms with Crippen molar-refractivity contribution in [3.63, 3.8) is 0 Å². The summed E-state index contributed by atoms with van der Waals surface area (Å²) in [7, 11) is 1.50. The van der Waals surface area contributed by atoms with E-state index in [9.17, 15) is 5.11 Å². The van der Waals surface area contributed by atoms with Crippen molar-refractivity contribution in [1.29, 1.82) is 0 Å². The fourth-order valence-corrected chi connectivity index (χ4v) is 1.22. The molecule has 0 aromatic carbocycles. The Labute approximate surface area is 112 Å². The average molecular weight is 271 g/mol. The molecule has 1 aromatic heterocycles. The fourth-order valence-electron chi connectivity index (χ4n) is 1.22. The molecule has 108 valence electrons. The van der Waals surface area contributed by atoms with E-state index in [-0.39, 0.29) is 6.61 Å². The largest absolute Gasteiger partial charge is 0.479 e. The van der Waals surface area contributed by atoms with Crippen molar-refractivity contribution in [1.82, 2.24) is 10.5 Å². The summed E-state index contributed by atoms with van der Waals surface area (Å²) in [6, 6.07) is 1.93. The van der Waals surface area contributed by atoms with Gasteiger partial charge in [-0.2, -0.15) is 0 Å². The predicted octanol–water partition coefficient (Wildman–Crippen LogP) is 0.783. The van der Waals surface area contributed by atoms with Crippen LogP contribution in [0.2, 0.25) is 0 Å². The van der Waals surface area contributed by atoms with Crippen LogP contribution in [-0.2, 0) is 4.84 Å². The van der Waals surface area contributed by atoms with Gasteiger partial charge in [0, 0.05) is 12.6 Å². The van der Waals surface area contributed by atoms with Crippen molar-refractivity contribution < 1.29 is 19.2 Å². The number of methoxy groups -OCH3 is 1. The molecule has 0 amide bonds. The molecule has 7 nitrogen and oxygen atoms in total. The molecule has 7 heteroatoms. The lowest BCUT2D eigenvalue weighted by molar-refractivity contribution is 0.0392. The van der Waals surface area contributed by atoms with Crippen LogP contribution in [0.4, 0.5) is 0 Å². The maximum Gasteiger partial charge on any atom is 0.254 e.